The maximum atomic E-state index is 13.0. The summed E-state index contributed by atoms with van der Waals surface area (Å²) in [4.78, 5) is 53.0. The predicted octanol–water partition coefficient (Wildman–Crippen LogP) is -0.435. The molecule has 1 amide bonds. The van der Waals surface area contributed by atoms with E-state index in [-0.39, 0.29) is 16.7 Å². The Hall–Kier alpha value is -4.14. The first-order valence-corrected chi connectivity index (χ1v) is 10.2. The summed E-state index contributed by atoms with van der Waals surface area (Å²) in [6.07, 6.45) is -5.08. The second-order valence-electron chi connectivity index (χ2n) is 7.55. The van der Waals surface area contributed by atoms with Gasteiger partial charge in [-0.1, -0.05) is 12.1 Å². The third-order valence-electron chi connectivity index (χ3n) is 5.29. The van der Waals surface area contributed by atoms with Crippen molar-refractivity contribution in [3.8, 4) is 5.69 Å². The smallest absolute Gasteiger partial charge is 0.475 e. The van der Waals surface area contributed by atoms with Crippen LogP contribution in [-0.2, 0) is 18.9 Å². The number of para-hydroxylation sites is 1. The molecule has 1 aromatic carbocycles. The zero-order valence-electron chi connectivity index (χ0n) is 18.7. The molecule has 0 bridgehead atoms. The lowest BCUT2D eigenvalue weighted by Gasteiger charge is -2.29. The minimum absolute atomic E-state index is 0.229. The quantitative estimate of drug-likeness (QED) is 0.440. The summed E-state index contributed by atoms with van der Waals surface area (Å²) < 4.78 is 35.8. The Kier molecular flexibility index (Phi) is 7.00. The number of imidazole rings is 1. The monoisotopic (exact) mass is 497 g/mol. The number of rotatable bonds is 3. The second kappa shape index (κ2) is 9.61. The topological polar surface area (TPSA) is 157 Å². The summed E-state index contributed by atoms with van der Waals surface area (Å²) in [5.74, 6) is -2.86. The summed E-state index contributed by atoms with van der Waals surface area (Å²) in [5, 5.41) is 10.4. The van der Waals surface area contributed by atoms with Gasteiger partial charge in [-0.2, -0.15) is 18.2 Å². The molecule has 0 radical (unpaired) electrons. The fourth-order valence-electron chi connectivity index (χ4n) is 3.57. The molecule has 1 saturated heterocycles. The highest BCUT2D eigenvalue weighted by molar-refractivity contribution is 5.97. The first-order chi connectivity index (χ1) is 16.4. The van der Waals surface area contributed by atoms with Crippen molar-refractivity contribution in [1.82, 2.24) is 24.0 Å². The first-order valence-electron chi connectivity index (χ1n) is 10.2. The molecular weight excluding hydrogens is 475 g/mol. The van der Waals surface area contributed by atoms with Gasteiger partial charge in [0, 0.05) is 40.3 Å². The average molecular weight is 497 g/mol. The zero-order chi connectivity index (χ0) is 26.1. The molecule has 1 aliphatic rings. The highest BCUT2D eigenvalue weighted by Crippen LogP contribution is 2.27. The number of nitrogens with zero attached hydrogens (tertiary/aromatic N) is 5. The number of halogens is 3. The van der Waals surface area contributed by atoms with Crippen LogP contribution in [0, 0.1) is 0 Å². The van der Waals surface area contributed by atoms with Crippen molar-refractivity contribution in [3.63, 3.8) is 0 Å². The highest BCUT2D eigenvalue weighted by atomic mass is 19.4. The summed E-state index contributed by atoms with van der Waals surface area (Å²) in [6, 6.07) is 6.80. The normalized spacial score (nSPS) is 13.9. The van der Waals surface area contributed by atoms with Gasteiger partial charge in [-0.25, -0.2) is 9.59 Å². The molecule has 4 N–H and O–H groups in total. The van der Waals surface area contributed by atoms with E-state index in [2.05, 4.69) is 10.3 Å². The Morgan fingerprint density at radius 2 is 1.66 bits per heavy atom. The number of amides is 1. The van der Waals surface area contributed by atoms with Crippen LogP contribution in [0.15, 0.2) is 33.9 Å². The maximum absolute atomic E-state index is 13.0. The molecule has 0 unspecified atom stereocenters. The molecule has 2 aromatic heterocycles. The van der Waals surface area contributed by atoms with Gasteiger partial charge >= 0.3 is 17.8 Å². The number of hydrogen-bond donors (Lipinski definition) is 3. The highest BCUT2D eigenvalue weighted by Gasteiger charge is 2.38. The Morgan fingerprint density at radius 3 is 2.20 bits per heavy atom. The number of aliphatic carboxylic acids is 1. The summed E-state index contributed by atoms with van der Waals surface area (Å²) in [5.41, 5.74) is 5.86. The van der Waals surface area contributed by atoms with Crippen LogP contribution in [0.3, 0.4) is 0 Å². The van der Waals surface area contributed by atoms with E-state index in [0.717, 1.165) is 17.7 Å². The van der Waals surface area contributed by atoms with Gasteiger partial charge in [-0.3, -0.25) is 23.3 Å². The molecule has 188 valence electrons. The van der Waals surface area contributed by atoms with Crippen LogP contribution in [0.5, 0.6) is 0 Å². The molecule has 1 fully saturated rings. The summed E-state index contributed by atoms with van der Waals surface area (Å²) in [7, 11) is 2.99. The van der Waals surface area contributed by atoms with E-state index in [1.165, 1.54) is 11.6 Å². The summed E-state index contributed by atoms with van der Waals surface area (Å²) >= 11 is 0. The standard InChI is InChI=1S/C18H21N7O3.C2HF3O2/c1-22-15-13(16(27)23(2)18(22)28)25(12-6-4-3-5-11(12)14(19)26)17(21-15)24-9-7-20-8-10-24;3-2(4,5)1(6)7/h3-6,20H,7-10H2,1-2H3,(H2,19,26);(H,6,7). The molecule has 0 aliphatic carbocycles. The van der Waals surface area contributed by atoms with Gasteiger partial charge in [-0.05, 0) is 12.1 Å². The van der Waals surface area contributed by atoms with Crippen LogP contribution in [0.4, 0.5) is 19.1 Å². The number of anilines is 1. The Morgan fingerprint density at radius 1 is 1.09 bits per heavy atom. The van der Waals surface area contributed by atoms with Crippen LogP contribution in [0.25, 0.3) is 16.9 Å². The molecule has 1 aliphatic heterocycles. The van der Waals surface area contributed by atoms with E-state index in [9.17, 15) is 27.6 Å². The number of benzene rings is 1. The molecule has 3 heterocycles. The lowest BCUT2D eigenvalue weighted by Crippen LogP contribution is -2.44. The number of carboxylic acid groups (broad SMARTS) is 1. The van der Waals surface area contributed by atoms with Gasteiger partial charge in [0.05, 0.1) is 11.3 Å². The van der Waals surface area contributed by atoms with Crippen LogP contribution >= 0.6 is 0 Å². The number of primary amides is 1. The molecule has 4 rings (SSSR count). The lowest BCUT2D eigenvalue weighted by atomic mass is 10.1. The van der Waals surface area contributed by atoms with Crippen LogP contribution in [-0.4, -0.2) is 68.0 Å². The molecular formula is C20H22F3N7O5. The van der Waals surface area contributed by atoms with Gasteiger partial charge in [0.25, 0.3) is 11.5 Å². The van der Waals surface area contributed by atoms with Crippen molar-refractivity contribution < 1.29 is 27.9 Å². The minimum atomic E-state index is -5.08. The van der Waals surface area contributed by atoms with Crippen molar-refractivity contribution in [2.75, 3.05) is 31.1 Å². The Bertz CT molecular complexity index is 1400. The van der Waals surface area contributed by atoms with E-state index >= 15 is 0 Å². The van der Waals surface area contributed by atoms with Crippen LogP contribution in [0.1, 0.15) is 10.4 Å². The SMILES string of the molecule is Cn1c(=O)c2c(nc(N3CCNCC3)n2-c2ccccc2C(N)=O)n(C)c1=O.O=C(O)C(F)(F)F. The van der Waals surface area contributed by atoms with Gasteiger partial charge in [0.1, 0.15) is 0 Å². The number of nitrogens with two attached hydrogens (primary N) is 1. The molecule has 3 aromatic rings. The number of alkyl halides is 3. The molecule has 12 nitrogen and oxygen atoms in total. The van der Waals surface area contributed by atoms with Crippen molar-refractivity contribution in [1.29, 1.82) is 0 Å². The van der Waals surface area contributed by atoms with Crippen molar-refractivity contribution in [3.05, 3.63) is 50.7 Å². The number of aryl methyl sites for hydroxylation is 1. The first kappa shape index (κ1) is 25.5. The minimum Gasteiger partial charge on any atom is -0.475 e. The third kappa shape index (κ3) is 4.89. The van der Waals surface area contributed by atoms with Gasteiger partial charge in [-0.15, -0.1) is 0 Å². The number of carbonyl (C=O) groups excluding carboxylic acids is 1. The molecule has 15 heteroatoms. The average Bonchev–Trinajstić information content (AvgIpc) is 3.22. The van der Waals surface area contributed by atoms with Crippen LogP contribution in [0.2, 0.25) is 0 Å². The predicted molar refractivity (Wildman–Crippen MR) is 119 cm³/mol. The molecule has 0 saturated carbocycles. The van der Waals surface area contributed by atoms with Crippen molar-refractivity contribution in [2.45, 2.75) is 6.18 Å². The number of hydrogen-bond acceptors (Lipinski definition) is 7. The van der Waals surface area contributed by atoms with Gasteiger partial charge in [0.2, 0.25) is 5.95 Å². The van der Waals surface area contributed by atoms with Crippen molar-refractivity contribution >= 4 is 29.0 Å². The molecule has 35 heavy (non-hydrogen) atoms. The Balaban J connectivity index is 0.000000429. The number of piperazine rings is 1. The number of carbonyl (C=O) groups is 2. The molecule has 0 spiro atoms. The fraction of sp³-hybridized carbons (Fsp3) is 0.350. The third-order valence-corrected chi connectivity index (χ3v) is 5.29. The molecule has 0 atom stereocenters. The van der Waals surface area contributed by atoms with E-state index in [1.807, 2.05) is 4.90 Å². The zero-order valence-corrected chi connectivity index (χ0v) is 18.7. The maximum Gasteiger partial charge on any atom is 0.490 e. The van der Waals surface area contributed by atoms with E-state index < -0.39 is 29.3 Å². The van der Waals surface area contributed by atoms with E-state index in [0.29, 0.717) is 24.7 Å². The van der Waals surface area contributed by atoms with Gasteiger partial charge < -0.3 is 21.1 Å². The number of fused-ring (bicyclic) bond motifs is 1. The lowest BCUT2D eigenvalue weighted by molar-refractivity contribution is -0.192. The largest absolute Gasteiger partial charge is 0.490 e. The van der Waals surface area contributed by atoms with E-state index in [4.69, 9.17) is 15.6 Å². The van der Waals surface area contributed by atoms with Crippen LogP contribution < -0.4 is 27.2 Å². The Labute approximate surface area is 195 Å². The van der Waals surface area contributed by atoms with Gasteiger partial charge in [0.15, 0.2) is 11.2 Å². The number of carboxylic acids is 1. The number of nitrogens with one attached hydrogen (secondary N) is 1. The fourth-order valence-corrected chi connectivity index (χ4v) is 3.57. The number of aromatic nitrogens is 4. The van der Waals surface area contributed by atoms with Crippen molar-refractivity contribution in [2.24, 2.45) is 19.8 Å². The second-order valence-corrected chi connectivity index (χ2v) is 7.55. The summed E-state index contributed by atoms with van der Waals surface area (Å²) in [6.45, 7) is 2.88. The van der Waals surface area contributed by atoms with E-state index in [1.54, 1.807) is 35.9 Å².